The molecule has 0 aliphatic heterocycles. The molecule has 3 aromatic rings. The van der Waals surface area contributed by atoms with Crippen LogP contribution in [0.25, 0.3) is 11.2 Å². The lowest BCUT2D eigenvalue weighted by atomic mass is 10.2. The van der Waals surface area contributed by atoms with Crippen molar-refractivity contribution in [1.29, 1.82) is 0 Å². The zero-order valence-corrected chi connectivity index (χ0v) is 8.34. The molecular weight excluding hydrogens is 206 g/mol. The van der Waals surface area contributed by atoms with Crippen molar-refractivity contribution < 1.29 is 4.42 Å². The molecular formula is C10H9N5O. The molecule has 6 nitrogen and oxygen atoms in total. The lowest BCUT2D eigenvalue weighted by Gasteiger charge is -2.00. The normalized spacial score (nSPS) is 11.0. The average molecular weight is 215 g/mol. The van der Waals surface area contributed by atoms with Crippen LogP contribution in [0, 0.1) is 0 Å². The Hall–Kier alpha value is -2.37. The summed E-state index contributed by atoms with van der Waals surface area (Å²) in [6.45, 7) is 0. The first-order valence-corrected chi connectivity index (χ1v) is 4.81. The summed E-state index contributed by atoms with van der Waals surface area (Å²) in [6, 6.07) is 3.73. The van der Waals surface area contributed by atoms with Crippen LogP contribution in [0.5, 0.6) is 0 Å². The molecule has 0 bridgehead atoms. The van der Waals surface area contributed by atoms with Crippen molar-refractivity contribution in [2.75, 3.05) is 5.73 Å². The van der Waals surface area contributed by atoms with E-state index >= 15 is 0 Å². The van der Waals surface area contributed by atoms with Crippen LogP contribution in [0.4, 0.5) is 5.95 Å². The van der Waals surface area contributed by atoms with Crippen LogP contribution < -0.4 is 5.73 Å². The van der Waals surface area contributed by atoms with Crippen molar-refractivity contribution in [3.63, 3.8) is 0 Å². The monoisotopic (exact) mass is 215 g/mol. The summed E-state index contributed by atoms with van der Waals surface area (Å²) in [4.78, 5) is 15.2. The maximum atomic E-state index is 5.61. The van der Waals surface area contributed by atoms with E-state index in [2.05, 4.69) is 19.9 Å². The highest BCUT2D eigenvalue weighted by Crippen LogP contribution is 2.16. The molecule has 3 aromatic heterocycles. The lowest BCUT2D eigenvalue weighted by molar-refractivity contribution is 0.519. The maximum absolute atomic E-state index is 5.61. The first-order valence-electron chi connectivity index (χ1n) is 4.81. The number of imidazole rings is 1. The molecule has 0 spiro atoms. The summed E-state index contributed by atoms with van der Waals surface area (Å²) in [5, 5.41) is 0. The topological polar surface area (TPSA) is 93.6 Å². The van der Waals surface area contributed by atoms with E-state index < -0.39 is 0 Å². The van der Waals surface area contributed by atoms with E-state index in [1.54, 1.807) is 12.6 Å². The number of furan rings is 1. The van der Waals surface area contributed by atoms with Gasteiger partial charge in [0.2, 0.25) is 5.95 Å². The fourth-order valence-corrected chi connectivity index (χ4v) is 1.62. The Kier molecular flexibility index (Phi) is 1.86. The number of anilines is 1. The Labute approximate surface area is 90.5 Å². The Bertz CT molecular complexity index is 613. The van der Waals surface area contributed by atoms with Crippen LogP contribution in [-0.4, -0.2) is 19.9 Å². The van der Waals surface area contributed by atoms with Gasteiger partial charge in [0.1, 0.15) is 11.3 Å². The van der Waals surface area contributed by atoms with Crippen LogP contribution in [0.3, 0.4) is 0 Å². The third kappa shape index (κ3) is 1.40. The number of nitrogens with two attached hydrogens (primary N) is 1. The van der Waals surface area contributed by atoms with Gasteiger partial charge in [0.05, 0.1) is 24.7 Å². The van der Waals surface area contributed by atoms with Gasteiger partial charge in [-0.15, -0.1) is 0 Å². The minimum absolute atomic E-state index is 0.223. The quantitative estimate of drug-likeness (QED) is 0.668. The highest BCUT2D eigenvalue weighted by Gasteiger charge is 2.10. The molecule has 80 valence electrons. The molecule has 0 aliphatic carbocycles. The number of hydrogen-bond donors (Lipinski definition) is 2. The molecule has 0 amide bonds. The number of fused-ring (bicyclic) bond motifs is 1. The van der Waals surface area contributed by atoms with Crippen LogP contribution >= 0.6 is 0 Å². The van der Waals surface area contributed by atoms with Crippen LogP contribution in [0.2, 0.25) is 0 Å². The van der Waals surface area contributed by atoms with Crippen molar-refractivity contribution in [1.82, 2.24) is 19.9 Å². The summed E-state index contributed by atoms with van der Waals surface area (Å²) < 4.78 is 5.27. The highest BCUT2D eigenvalue weighted by atomic mass is 16.3. The molecule has 0 saturated heterocycles. The molecule has 3 N–H and O–H groups in total. The number of nitrogens with one attached hydrogen (secondary N) is 1. The highest BCUT2D eigenvalue weighted by molar-refractivity contribution is 5.74. The van der Waals surface area contributed by atoms with E-state index in [0.29, 0.717) is 12.1 Å². The Morgan fingerprint density at radius 3 is 3.12 bits per heavy atom. The molecule has 0 fully saturated rings. The maximum Gasteiger partial charge on any atom is 0.222 e. The fraction of sp³-hybridized carbons (Fsp3) is 0.100. The Morgan fingerprint density at radius 2 is 2.31 bits per heavy atom. The van der Waals surface area contributed by atoms with E-state index in [9.17, 15) is 0 Å². The minimum atomic E-state index is 0.223. The molecule has 0 aliphatic rings. The molecule has 0 radical (unpaired) electrons. The largest absolute Gasteiger partial charge is 0.469 e. The van der Waals surface area contributed by atoms with Gasteiger partial charge < -0.3 is 15.1 Å². The number of hydrogen-bond acceptors (Lipinski definition) is 5. The van der Waals surface area contributed by atoms with Gasteiger partial charge in [-0.05, 0) is 12.1 Å². The van der Waals surface area contributed by atoms with Crippen molar-refractivity contribution >= 4 is 17.1 Å². The van der Waals surface area contributed by atoms with E-state index in [1.165, 1.54) is 0 Å². The number of aromatic nitrogens is 4. The standard InChI is InChI=1S/C10H9N5O/c11-10-14-7(4-6-2-1-3-16-6)8-9(15-10)13-5-12-8/h1-3,5H,4H2,(H3,11,12,13,14,15). The van der Waals surface area contributed by atoms with Crippen LogP contribution in [-0.2, 0) is 6.42 Å². The molecule has 0 saturated carbocycles. The number of nitrogens with zero attached hydrogens (tertiary/aromatic N) is 3. The Morgan fingerprint density at radius 1 is 1.38 bits per heavy atom. The minimum Gasteiger partial charge on any atom is -0.469 e. The molecule has 0 atom stereocenters. The zero-order valence-electron chi connectivity index (χ0n) is 8.34. The van der Waals surface area contributed by atoms with E-state index in [4.69, 9.17) is 10.2 Å². The summed E-state index contributed by atoms with van der Waals surface area (Å²) >= 11 is 0. The number of H-pyrrole nitrogens is 1. The number of rotatable bonds is 2. The second-order valence-electron chi connectivity index (χ2n) is 3.39. The van der Waals surface area contributed by atoms with Gasteiger partial charge in [0.15, 0.2) is 5.65 Å². The number of aromatic amines is 1. The van der Waals surface area contributed by atoms with Gasteiger partial charge in [-0.25, -0.2) is 9.97 Å². The molecule has 0 unspecified atom stereocenters. The van der Waals surface area contributed by atoms with Gasteiger partial charge >= 0.3 is 0 Å². The third-order valence-corrected chi connectivity index (χ3v) is 2.30. The summed E-state index contributed by atoms with van der Waals surface area (Å²) in [5.41, 5.74) is 7.77. The molecule has 6 heteroatoms. The SMILES string of the molecule is Nc1nc(Cc2ccco2)c2[nH]cnc2n1. The van der Waals surface area contributed by atoms with Gasteiger partial charge in [-0.1, -0.05) is 0 Å². The molecule has 3 heterocycles. The smallest absolute Gasteiger partial charge is 0.222 e. The van der Waals surface area contributed by atoms with Gasteiger partial charge in [0, 0.05) is 0 Å². The number of nitrogen functional groups attached to an aromatic ring is 1. The van der Waals surface area contributed by atoms with Crippen molar-refractivity contribution in [2.45, 2.75) is 6.42 Å². The first-order chi connectivity index (χ1) is 7.83. The van der Waals surface area contributed by atoms with Gasteiger partial charge in [-0.2, -0.15) is 4.98 Å². The molecule has 3 rings (SSSR count). The van der Waals surface area contributed by atoms with Crippen molar-refractivity contribution in [3.05, 3.63) is 36.2 Å². The van der Waals surface area contributed by atoms with Crippen LogP contribution in [0.1, 0.15) is 11.5 Å². The summed E-state index contributed by atoms with van der Waals surface area (Å²) in [7, 11) is 0. The Balaban J connectivity index is 2.11. The average Bonchev–Trinajstić information content (AvgIpc) is 2.87. The zero-order chi connectivity index (χ0) is 11.0. The first kappa shape index (κ1) is 8.90. The lowest BCUT2D eigenvalue weighted by Crippen LogP contribution is -2.01. The third-order valence-electron chi connectivity index (χ3n) is 2.30. The second kappa shape index (κ2) is 3.34. The second-order valence-corrected chi connectivity index (χ2v) is 3.39. The van der Waals surface area contributed by atoms with E-state index in [0.717, 1.165) is 17.0 Å². The van der Waals surface area contributed by atoms with Crippen molar-refractivity contribution in [2.24, 2.45) is 0 Å². The predicted molar refractivity (Wildman–Crippen MR) is 57.6 cm³/mol. The van der Waals surface area contributed by atoms with Crippen molar-refractivity contribution in [3.8, 4) is 0 Å². The van der Waals surface area contributed by atoms with Crippen LogP contribution in [0.15, 0.2) is 29.1 Å². The van der Waals surface area contributed by atoms with Gasteiger partial charge in [-0.3, -0.25) is 0 Å². The molecule has 0 aromatic carbocycles. The predicted octanol–water partition coefficient (Wildman–Crippen LogP) is 1.12. The van der Waals surface area contributed by atoms with E-state index in [1.807, 2.05) is 12.1 Å². The fourth-order valence-electron chi connectivity index (χ4n) is 1.62. The summed E-state index contributed by atoms with van der Waals surface area (Å²) in [6.07, 6.45) is 3.77. The van der Waals surface area contributed by atoms with Gasteiger partial charge in [0.25, 0.3) is 0 Å². The summed E-state index contributed by atoms with van der Waals surface area (Å²) in [5.74, 6) is 1.05. The molecule has 16 heavy (non-hydrogen) atoms. The van der Waals surface area contributed by atoms with E-state index in [-0.39, 0.29) is 5.95 Å².